The van der Waals surface area contributed by atoms with Gasteiger partial charge >= 0.3 is 0 Å². The summed E-state index contributed by atoms with van der Waals surface area (Å²) < 4.78 is 0.705. The lowest BCUT2D eigenvalue weighted by molar-refractivity contribution is -0.384. The summed E-state index contributed by atoms with van der Waals surface area (Å²) in [6, 6.07) is 6.50. The number of nitro groups is 1. The largest absolute Gasteiger partial charge is 0.373 e. The van der Waals surface area contributed by atoms with Gasteiger partial charge in [0, 0.05) is 11.9 Å². The van der Waals surface area contributed by atoms with Crippen LogP contribution in [0.25, 0.3) is 0 Å². The summed E-state index contributed by atoms with van der Waals surface area (Å²) >= 11 is 7.36. The molecule has 20 heavy (non-hydrogen) atoms. The minimum Gasteiger partial charge on any atom is -0.373 e. The third kappa shape index (κ3) is 3.37. The van der Waals surface area contributed by atoms with Crippen molar-refractivity contribution in [2.45, 2.75) is 13.0 Å². The molecule has 0 fully saturated rings. The van der Waals surface area contributed by atoms with E-state index in [0.717, 1.165) is 4.88 Å². The molecule has 0 aliphatic heterocycles. The highest BCUT2D eigenvalue weighted by atomic mass is 35.5. The lowest BCUT2D eigenvalue weighted by Gasteiger charge is -2.13. The van der Waals surface area contributed by atoms with Crippen LogP contribution in [0.5, 0.6) is 0 Å². The second-order valence-corrected chi connectivity index (χ2v) is 5.86. The SMILES string of the molecule is CNc1cc([N+](=O)[O-])cc(NC(C)c2ccc(Cl)s2)n1. The summed E-state index contributed by atoms with van der Waals surface area (Å²) in [4.78, 5) is 15.7. The second kappa shape index (κ2) is 6.06. The van der Waals surface area contributed by atoms with E-state index in [2.05, 4.69) is 15.6 Å². The third-order valence-corrected chi connectivity index (χ3v) is 4.08. The second-order valence-electron chi connectivity index (χ2n) is 4.11. The van der Waals surface area contributed by atoms with E-state index in [1.165, 1.54) is 23.5 Å². The number of anilines is 2. The minimum absolute atomic E-state index is 0.0109. The molecule has 2 aromatic rings. The van der Waals surface area contributed by atoms with Crippen LogP contribution in [0.2, 0.25) is 4.34 Å². The maximum Gasteiger partial charge on any atom is 0.276 e. The molecule has 0 bridgehead atoms. The van der Waals surface area contributed by atoms with E-state index in [-0.39, 0.29) is 11.7 Å². The lowest BCUT2D eigenvalue weighted by atomic mass is 10.2. The van der Waals surface area contributed by atoms with Gasteiger partial charge in [-0.1, -0.05) is 11.6 Å². The zero-order valence-corrected chi connectivity index (χ0v) is 12.5. The Morgan fingerprint density at radius 3 is 2.65 bits per heavy atom. The van der Waals surface area contributed by atoms with Gasteiger partial charge in [-0.2, -0.15) is 0 Å². The first-order valence-electron chi connectivity index (χ1n) is 5.85. The van der Waals surface area contributed by atoms with Gasteiger partial charge in [0.25, 0.3) is 5.69 Å². The molecule has 106 valence electrons. The van der Waals surface area contributed by atoms with Crippen LogP contribution in [0.15, 0.2) is 24.3 Å². The van der Waals surface area contributed by atoms with E-state index in [1.54, 1.807) is 7.05 Å². The molecule has 1 atom stereocenters. The molecule has 0 spiro atoms. The molecule has 6 nitrogen and oxygen atoms in total. The third-order valence-electron chi connectivity index (χ3n) is 2.66. The van der Waals surface area contributed by atoms with Crippen LogP contribution >= 0.6 is 22.9 Å². The van der Waals surface area contributed by atoms with E-state index >= 15 is 0 Å². The number of halogens is 1. The summed E-state index contributed by atoms with van der Waals surface area (Å²) in [6.07, 6.45) is 0. The van der Waals surface area contributed by atoms with Gasteiger partial charge in [-0.15, -0.1) is 11.3 Å². The Bertz CT molecular complexity index is 632. The summed E-state index contributed by atoms with van der Waals surface area (Å²) in [5.41, 5.74) is -0.0109. The molecular formula is C12H13ClN4O2S. The van der Waals surface area contributed by atoms with Gasteiger partial charge in [-0.3, -0.25) is 10.1 Å². The maximum atomic E-state index is 10.9. The van der Waals surface area contributed by atoms with E-state index in [0.29, 0.717) is 16.0 Å². The predicted molar refractivity (Wildman–Crippen MR) is 81.8 cm³/mol. The highest BCUT2D eigenvalue weighted by molar-refractivity contribution is 7.16. The van der Waals surface area contributed by atoms with Crippen molar-refractivity contribution in [3.8, 4) is 0 Å². The zero-order chi connectivity index (χ0) is 14.7. The van der Waals surface area contributed by atoms with Crippen molar-refractivity contribution in [2.24, 2.45) is 0 Å². The topological polar surface area (TPSA) is 80.1 Å². The van der Waals surface area contributed by atoms with Gasteiger partial charge in [-0.25, -0.2) is 4.98 Å². The average molecular weight is 313 g/mol. The lowest BCUT2D eigenvalue weighted by Crippen LogP contribution is -2.08. The number of nitrogens with zero attached hydrogens (tertiary/aromatic N) is 2. The van der Waals surface area contributed by atoms with Crippen LogP contribution in [0, 0.1) is 10.1 Å². The standard InChI is InChI=1S/C12H13ClN4O2S/c1-7(9-3-4-10(13)20-9)15-12-6-8(17(18)19)5-11(14-2)16-12/h3-7H,1-2H3,(H2,14,15,16). The van der Waals surface area contributed by atoms with E-state index in [9.17, 15) is 10.1 Å². The first-order valence-corrected chi connectivity index (χ1v) is 7.05. The Hall–Kier alpha value is -1.86. The van der Waals surface area contributed by atoms with Crippen molar-refractivity contribution >= 4 is 40.3 Å². The molecule has 2 N–H and O–H groups in total. The molecule has 1 unspecified atom stereocenters. The van der Waals surface area contributed by atoms with Crippen molar-refractivity contribution in [1.29, 1.82) is 0 Å². The molecule has 0 radical (unpaired) electrons. The molecule has 2 rings (SSSR count). The first kappa shape index (κ1) is 14.5. The van der Waals surface area contributed by atoms with Gasteiger partial charge in [-0.05, 0) is 19.1 Å². The maximum absolute atomic E-state index is 10.9. The quantitative estimate of drug-likeness (QED) is 0.646. The fraction of sp³-hybridized carbons (Fsp3) is 0.250. The van der Waals surface area contributed by atoms with Crippen LogP contribution in [0.3, 0.4) is 0 Å². The Morgan fingerprint density at radius 2 is 2.10 bits per heavy atom. The summed E-state index contributed by atoms with van der Waals surface area (Å²) in [6.45, 7) is 1.95. The zero-order valence-electron chi connectivity index (χ0n) is 10.9. The van der Waals surface area contributed by atoms with E-state index in [4.69, 9.17) is 11.6 Å². The number of nitrogens with one attached hydrogen (secondary N) is 2. The molecule has 0 aliphatic rings. The van der Waals surface area contributed by atoms with Gasteiger partial charge in [0.05, 0.1) is 27.4 Å². The molecule has 0 saturated heterocycles. The molecule has 0 aliphatic carbocycles. The Kier molecular flexibility index (Phi) is 4.41. The van der Waals surface area contributed by atoms with Gasteiger partial charge < -0.3 is 10.6 Å². The van der Waals surface area contributed by atoms with Crippen molar-refractivity contribution < 1.29 is 4.92 Å². The smallest absolute Gasteiger partial charge is 0.276 e. The molecule has 0 saturated carbocycles. The Morgan fingerprint density at radius 1 is 1.40 bits per heavy atom. The number of hydrogen-bond donors (Lipinski definition) is 2. The summed E-state index contributed by atoms with van der Waals surface area (Å²) in [7, 11) is 1.66. The first-order chi connectivity index (χ1) is 9.49. The normalized spacial score (nSPS) is 11.9. The fourth-order valence-electron chi connectivity index (χ4n) is 1.68. The van der Waals surface area contributed by atoms with Gasteiger partial charge in [0.15, 0.2) is 0 Å². The molecular weight excluding hydrogens is 300 g/mol. The minimum atomic E-state index is -0.444. The van der Waals surface area contributed by atoms with E-state index in [1.807, 2.05) is 19.1 Å². The Balaban J connectivity index is 2.24. The summed E-state index contributed by atoms with van der Waals surface area (Å²) in [5.74, 6) is 0.888. The predicted octanol–water partition coefficient (Wildman–Crippen LogP) is 3.92. The molecule has 0 aromatic carbocycles. The van der Waals surface area contributed by atoms with Crippen LogP contribution in [-0.2, 0) is 0 Å². The van der Waals surface area contributed by atoms with Crippen LogP contribution in [-0.4, -0.2) is 17.0 Å². The van der Waals surface area contributed by atoms with E-state index < -0.39 is 4.92 Å². The van der Waals surface area contributed by atoms with Crippen LogP contribution < -0.4 is 10.6 Å². The number of thiophene rings is 1. The number of pyridine rings is 1. The molecule has 2 aromatic heterocycles. The van der Waals surface area contributed by atoms with Crippen LogP contribution in [0.4, 0.5) is 17.3 Å². The molecule has 8 heteroatoms. The van der Waals surface area contributed by atoms with Crippen molar-refractivity contribution in [1.82, 2.24) is 4.98 Å². The van der Waals surface area contributed by atoms with Crippen molar-refractivity contribution in [3.63, 3.8) is 0 Å². The number of aromatic nitrogens is 1. The molecule has 2 heterocycles. The number of hydrogen-bond acceptors (Lipinski definition) is 6. The summed E-state index contributed by atoms with van der Waals surface area (Å²) in [5, 5.41) is 16.8. The van der Waals surface area contributed by atoms with Crippen LogP contribution in [0.1, 0.15) is 17.8 Å². The molecule has 0 amide bonds. The van der Waals surface area contributed by atoms with Crippen molar-refractivity contribution in [3.05, 3.63) is 43.6 Å². The monoisotopic (exact) mass is 312 g/mol. The van der Waals surface area contributed by atoms with Crippen molar-refractivity contribution in [2.75, 3.05) is 17.7 Å². The fourth-order valence-corrected chi connectivity index (χ4v) is 2.74. The van der Waals surface area contributed by atoms with Gasteiger partial charge in [0.2, 0.25) is 0 Å². The Labute approximate surface area is 124 Å². The highest BCUT2D eigenvalue weighted by Gasteiger charge is 2.14. The van der Waals surface area contributed by atoms with Gasteiger partial charge in [0.1, 0.15) is 11.6 Å². The highest BCUT2D eigenvalue weighted by Crippen LogP contribution is 2.29. The number of rotatable bonds is 5. The average Bonchev–Trinajstić information content (AvgIpc) is 2.85.